The molecule has 1 atom stereocenters. The number of rotatable bonds is 7. The van der Waals surface area contributed by atoms with E-state index in [1.165, 1.54) is 19.2 Å². The molecule has 3 aromatic rings. The number of thiophene rings is 1. The van der Waals surface area contributed by atoms with Crippen LogP contribution in [0.15, 0.2) is 36.5 Å². The second-order valence-corrected chi connectivity index (χ2v) is 7.58. The molecule has 0 fully saturated rings. The third-order valence-electron chi connectivity index (χ3n) is 4.11. The van der Waals surface area contributed by atoms with Crippen molar-refractivity contribution in [2.45, 2.75) is 26.1 Å². The number of hydrogen-bond donors (Lipinski definition) is 4. The molecule has 1 aromatic carbocycles. The smallest absolute Gasteiger partial charge is 0.251 e. The highest BCUT2D eigenvalue weighted by Gasteiger charge is 2.21. The van der Waals surface area contributed by atoms with Gasteiger partial charge in [0.15, 0.2) is 0 Å². The number of nitrogens with zero attached hydrogens (tertiary/aromatic N) is 1. The number of carbonyl (C=O) groups excluding carboxylic acids is 1. The molecule has 0 aliphatic rings. The topological polar surface area (TPSA) is 108 Å². The number of benzene rings is 1. The Morgan fingerprint density at radius 3 is 2.55 bits per heavy atom. The Balaban J connectivity index is 2.01. The molecule has 0 saturated carbocycles. The first-order valence-corrected chi connectivity index (χ1v) is 9.53. The minimum atomic E-state index is -0.795. The van der Waals surface area contributed by atoms with Gasteiger partial charge in [-0.25, -0.2) is 8.78 Å². The normalized spacial score (nSPS) is 12.0. The number of aromatic nitrogens is 1. The lowest BCUT2D eigenvalue weighted by atomic mass is 10.0. The summed E-state index contributed by atoms with van der Waals surface area (Å²) in [7, 11) is 0. The number of nitrogens with one attached hydrogen (secondary N) is 1. The van der Waals surface area contributed by atoms with Crippen LogP contribution in [0.25, 0.3) is 10.4 Å². The second kappa shape index (κ2) is 8.64. The van der Waals surface area contributed by atoms with Gasteiger partial charge in [0.1, 0.15) is 16.6 Å². The molecule has 2 heterocycles. The monoisotopic (exact) mass is 419 g/mol. The van der Waals surface area contributed by atoms with Crippen molar-refractivity contribution >= 4 is 27.9 Å². The predicted molar refractivity (Wildman–Crippen MR) is 107 cm³/mol. The van der Waals surface area contributed by atoms with Crippen molar-refractivity contribution in [3.8, 4) is 10.4 Å². The van der Waals surface area contributed by atoms with Crippen molar-refractivity contribution in [1.29, 1.82) is 0 Å². The Hall–Kier alpha value is -2.88. The lowest BCUT2D eigenvalue weighted by Crippen LogP contribution is -2.11. The number of hydrogen-bond acceptors (Lipinski definition) is 6. The summed E-state index contributed by atoms with van der Waals surface area (Å²) >= 11 is 0.973. The molecule has 9 heteroatoms. The second-order valence-electron chi connectivity index (χ2n) is 6.52. The van der Waals surface area contributed by atoms with E-state index in [1.54, 1.807) is 12.1 Å². The van der Waals surface area contributed by atoms with E-state index in [0.717, 1.165) is 23.5 Å². The van der Waals surface area contributed by atoms with Crippen LogP contribution in [-0.4, -0.2) is 27.2 Å². The zero-order valence-corrected chi connectivity index (χ0v) is 16.3. The first kappa shape index (κ1) is 20.8. The number of carbonyl (C=O) groups is 1. The van der Waals surface area contributed by atoms with Gasteiger partial charge in [0.2, 0.25) is 0 Å². The van der Waals surface area contributed by atoms with Crippen molar-refractivity contribution < 1.29 is 23.8 Å². The molecule has 3 rings (SSSR count). The van der Waals surface area contributed by atoms with E-state index in [0.29, 0.717) is 21.9 Å². The Bertz CT molecular complexity index is 1030. The molecule has 0 aliphatic heterocycles. The van der Waals surface area contributed by atoms with Gasteiger partial charge in [0.05, 0.1) is 29.5 Å². The van der Waals surface area contributed by atoms with Crippen molar-refractivity contribution in [2.24, 2.45) is 5.73 Å². The average molecular weight is 419 g/mol. The van der Waals surface area contributed by atoms with Crippen molar-refractivity contribution in [2.75, 3.05) is 5.32 Å². The molecule has 29 heavy (non-hydrogen) atoms. The van der Waals surface area contributed by atoms with Crippen molar-refractivity contribution in [3.63, 3.8) is 0 Å². The van der Waals surface area contributed by atoms with Crippen LogP contribution >= 0.6 is 11.3 Å². The highest BCUT2D eigenvalue weighted by atomic mass is 32.1. The Morgan fingerprint density at radius 1 is 1.28 bits per heavy atom. The van der Waals surface area contributed by atoms with Gasteiger partial charge >= 0.3 is 0 Å². The van der Waals surface area contributed by atoms with Gasteiger partial charge in [-0.1, -0.05) is 0 Å². The Morgan fingerprint density at radius 2 is 1.97 bits per heavy atom. The van der Waals surface area contributed by atoms with Gasteiger partial charge in [-0.3, -0.25) is 9.78 Å². The van der Waals surface area contributed by atoms with Gasteiger partial charge in [-0.05, 0) is 49.2 Å². The number of amides is 1. The molecule has 5 N–H and O–H groups in total. The summed E-state index contributed by atoms with van der Waals surface area (Å²) < 4.78 is 29.3. The third-order valence-corrected chi connectivity index (χ3v) is 5.18. The van der Waals surface area contributed by atoms with Crippen LogP contribution in [0.2, 0.25) is 0 Å². The van der Waals surface area contributed by atoms with E-state index in [9.17, 15) is 23.8 Å². The minimum absolute atomic E-state index is 0.0826. The van der Waals surface area contributed by atoms with Gasteiger partial charge in [-0.2, -0.15) is 0 Å². The average Bonchev–Trinajstić information content (AvgIpc) is 3.04. The van der Waals surface area contributed by atoms with Crippen LogP contribution < -0.4 is 11.1 Å². The van der Waals surface area contributed by atoms with E-state index in [-0.39, 0.29) is 29.0 Å². The summed E-state index contributed by atoms with van der Waals surface area (Å²) in [6.07, 6.45) is 0.863. The summed E-state index contributed by atoms with van der Waals surface area (Å²) in [6, 6.07) is 6.86. The molecule has 1 amide bonds. The van der Waals surface area contributed by atoms with E-state index in [2.05, 4.69) is 10.3 Å². The molecule has 0 spiro atoms. The summed E-state index contributed by atoms with van der Waals surface area (Å²) in [4.78, 5) is 16.0. The Kier molecular flexibility index (Phi) is 6.21. The number of halogens is 2. The van der Waals surface area contributed by atoms with E-state index in [4.69, 9.17) is 5.73 Å². The lowest BCUT2D eigenvalue weighted by molar-refractivity contribution is 0.100. The van der Waals surface area contributed by atoms with E-state index in [1.807, 2.05) is 0 Å². The molecule has 152 valence electrons. The third kappa shape index (κ3) is 4.76. The summed E-state index contributed by atoms with van der Waals surface area (Å²) in [5.74, 6) is -2.34. The highest BCUT2D eigenvalue weighted by molar-refractivity contribution is 7.20. The molecular weight excluding hydrogens is 400 g/mol. The van der Waals surface area contributed by atoms with Crippen LogP contribution in [0, 0.1) is 11.6 Å². The largest absolute Gasteiger partial charge is 0.393 e. The number of aliphatic hydroxyl groups is 2. The van der Waals surface area contributed by atoms with Gasteiger partial charge < -0.3 is 21.3 Å². The van der Waals surface area contributed by atoms with Crippen molar-refractivity contribution in [1.82, 2.24) is 4.98 Å². The fourth-order valence-electron chi connectivity index (χ4n) is 2.88. The van der Waals surface area contributed by atoms with Crippen LogP contribution in [0.1, 0.15) is 28.5 Å². The zero-order valence-electron chi connectivity index (χ0n) is 15.4. The molecule has 1 unspecified atom stereocenters. The van der Waals surface area contributed by atoms with Gasteiger partial charge in [-0.15, -0.1) is 11.3 Å². The number of anilines is 2. The minimum Gasteiger partial charge on any atom is -0.393 e. The lowest BCUT2D eigenvalue weighted by Gasteiger charge is -2.08. The van der Waals surface area contributed by atoms with Crippen LogP contribution in [0.3, 0.4) is 0 Å². The molecule has 6 nitrogen and oxygen atoms in total. The van der Waals surface area contributed by atoms with Gasteiger partial charge in [0.25, 0.3) is 5.91 Å². The standard InChI is InChI=1S/C20H19F2N3O3S/c1-10(27)4-11-5-15(21)18(16(22)6-11)17-8-14(19(23)28)20(29-17)25-12-2-3-24-13(7-12)9-26/h2-3,5-8,10,26-27H,4,9H2,1H3,(H2,23,28)(H,24,25). The van der Waals surface area contributed by atoms with E-state index < -0.39 is 23.6 Å². The number of nitrogens with two attached hydrogens (primary N) is 1. The van der Waals surface area contributed by atoms with Crippen LogP contribution in [0.5, 0.6) is 0 Å². The fraction of sp³-hybridized carbons (Fsp3) is 0.200. The SMILES string of the molecule is CC(O)Cc1cc(F)c(-c2cc(C(N)=O)c(Nc3ccnc(CO)c3)s2)c(F)c1. The number of primary amides is 1. The van der Waals surface area contributed by atoms with Crippen molar-refractivity contribution in [3.05, 3.63) is 65.0 Å². The van der Waals surface area contributed by atoms with E-state index >= 15 is 0 Å². The quantitative estimate of drug-likeness (QED) is 0.470. The fourth-order valence-corrected chi connectivity index (χ4v) is 4.02. The maximum absolute atomic E-state index is 14.6. The maximum Gasteiger partial charge on any atom is 0.251 e. The number of aliphatic hydroxyl groups excluding tert-OH is 2. The van der Waals surface area contributed by atoms with Gasteiger partial charge in [0, 0.05) is 16.8 Å². The molecule has 0 aliphatic carbocycles. The highest BCUT2D eigenvalue weighted by Crippen LogP contribution is 2.39. The maximum atomic E-state index is 14.6. The molecule has 0 radical (unpaired) electrons. The molecule has 2 aromatic heterocycles. The van der Waals surface area contributed by atoms with Crippen LogP contribution in [-0.2, 0) is 13.0 Å². The number of pyridine rings is 1. The molecular formula is C20H19F2N3O3S. The molecule has 0 bridgehead atoms. The predicted octanol–water partition coefficient (Wildman–Crippen LogP) is 3.35. The first-order chi connectivity index (χ1) is 13.8. The van der Waals surface area contributed by atoms with Crippen LogP contribution in [0.4, 0.5) is 19.5 Å². The first-order valence-electron chi connectivity index (χ1n) is 8.71. The zero-order chi connectivity index (χ0) is 21.1. The summed E-state index contributed by atoms with van der Waals surface area (Å²) in [5, 5.41) is 21.9. The Labute approximate surface area is 169 Å². The molecule has 0 saturated heterocycles. The summed E-state index contributed by atoms with van der Waals surface area (Å²) in [6.45, 7) is 1.27. The summed E-state index contributed by atoms with van der Waals surface area (Å²) in [5.41, 5.74) is 6.52.